The van der Waals surface area contributed by atoms with Crippen LogP contribution in [0.25, 0.3) is 10.9 Å². The molecule has 0 atom stereocenters. The molecule has 0 aliphatic heterocycles. The van der Waals surface area contributed by atoms with Crippen molar-refractivity contribution in [3.05, 3.63) is 30.3 Å². The number of amides is 1. The Balaban J connectivity index is 1.73. The van der Waals surface area contributed by atoms with Crippen molar-refractivity contribution in [1.82, 2.24) is 10.3 Å². The Labute approximate surface area is 141 Å². The maximum atomic E-state index is 10.7. The van der Waals surface area contributed by atoms with Gasteiger partial charge in [0.2, 0.25) is 0 Å². The third-order valence-electron chi connectivity index (χ3n) is 4.58. The van der Waals surface area contributed by atoms with Gasteiger partial charge in [-0.05, 0) is 31.7 Å². The highest BCUT2D eigenvalue weighted by atomic mass is 16.4. The number of nitrogens with one attached hydrogen (secondary N) is 2. The van der Waals surface area contributed by atoms with Crippen LogP contribution in [0.5, 0.6) is 0 Å². The predicted molar refractivity (Wildman–Crippen MR) is 96.9 cm³/mol. The molecule has 2 aromatic rings. The molecule has 1 aromatic carbocycles. The smallest absolute Gasteiger partial charge is 0.404 e. The van der Waals surface area contributed by atoms with Crippen LogP contribution in [0.15, 0.2) is 30.3 Å². The Morgan fingerprint density at radius 2 is 1.83 bits per heavy atom. The first-order chi connectivity index (χ1) is 11.5. The second-order valence-corrected chi connectivity index (χ2v) is 6.58. The summed E-state index contributed by atoms with van der Waals surface area (Å²) in [6.45, 7) is 0. The van der Waals surface area contributed by atoms with Crippen LogP contribution >= 0.6 is 0 Å². The summed E-state index contributed by atoms with van der Waals surface area (Å²) in [5.41, 5.74) is 2.12. The Kier molecular flexibility index (Phi) is 4.74. The highest BCUT2D eigenvalue weighted by Crippen LogP contribution is 2.29. The van der Waals surface area contributed by atoms with Crippen LogP contribution in [-0.4, -0.2) is 42.4 Å². The molecule has 1 fully saturated rings. The average Bonchev–Trinajstić information content (AvgIpc) is 2.55. The van der Waals surface area contributed by atoms with E-state index in [0.717, 1.165) is 48.1 Å². The first-order valence-electron chi connectivity index (χ1n) is 8.36. The molecule has 0 radical (unpaired) electrons. The van der Waals surface area contributed by atoms with Crippen molar-refractivity contribution < 1.29 is 9.90 Å². The van der Waals surface area contributed by atoms with Crippen LogP contribution < -0.4 is 15.5 Å². The normalized spacial score (nSPS) is 20.6. The average molecular weight is 328 g/mol. The van der Waals surface area contributed by atoms with E-state index in [-0.39, 0.29) is 6.04 Å². The number of rotatable bonds is 4. The number of benzene rings is 1. The minimum absolute atomic E-state index is 0.0717. The number of pyridine rings is 1. The van der Waals surface area contributed by atoms with E-state index < -0.39 is 6.09 Å². The number of anilines is 2. The second-order valence-electron chi connectivity index (χ2n) is 6.58. The number of aromatic nitrogens is 1. The second kappa shape index (κ2) is 6.95. The summed E-state index contributed by atoms with van der Waals surface area (Å²) in [7, 11) is 4.07. The van der Waals surface area contributed by atoms with Crippen molar-refractivity contribution in [3.63, 3.8) is 0 Å². The highest BCUT2D eigenvalue weighted by molar-refractivity contribution is 5.93. The van der Waals surface area contributed by atoms with Crippen LogP contribution in [0, 0.1) is 0 Å². The highest BCUT2D eigenvalue weighted by Gasteiger charge is 2.22. The lowest BCUT2D eigenvalue weighted by atomic mass is 9.91. The van der Waals surface area contributed by atoms with Crippen molar-refractivity contribution in [3.8, 4) is 0 Å². The zero-order valence-corrected chi connectivity index (χ0v) is 14.1. The van der Waals surface area contributed by atoms with E-state index in [9.17, 15) is 4.79 Å². The van der Waals surface area contributed by atoms with Crippen molar-refractivity contribution in [2.75, 3.05) is 24.3 Å². The number of hydrogen-bond donors (Lipinski definition) is 3. The molecule has 1 aromatic heterocycles. The number of fused-ring (bicyclic) bond motifs is 1. The molecular formula is C18H24N4O2. The van der Waals surface area contributed by atoms with Crippen LogP contribution in [0.1, 0.15) is 25.7 Å². The Morgan fingerprint density at radius 3 is 2.50 bits per heavy atom. The van der Waals surface area contributed by atoms with E-state index >= 15 is 0 Å². The molecule has 128 valence electrons. The minimum Gasteiger partial charge on any atom is -0.465 e. The zero-order chi connectivity index (χ0) is 17.1. The fraction of sp³-hybridized carbons (Fsp3) is 0.444. The standard InChI is InChI=1S/C18H24N4O2/c1-22(2)16-11-17(21-15-6-4-3-5-14(15)16)19-12-7-9-13(10-8-12)20-18(23)24/h3-6,11-13,20H,7-10H2,1-2H3,(H,19,21)(H,23,24)/t12-,13+. The predicted octanol–water partition coefficient (Wildman–Crippen LogP) is 3.29. The van der Waals surface area contributed by atoms with Gasteiger partial charge in [0.1, 0.15) is 5.82 Å². The van der Waals surface area contributed by atoms with Gasteiger partial charge in [-0.3, -0.25) is 0 Å². The summed E-state index contributed by atoms with van der Waals surface area (Å²) in [5.74, 6) is 0.882. The fourth-order valence-electron chi connectivity index (χ4n) is 3.37. The Bertz CT molecular complexity index is 724. The molecule has 0 spiro atoms. The summed E-state index contributed by atoms with van der Waals surface area (Å²) < 4.78 is 0. The first-order valence-corrected chi connectivity index (χ1v) is 8.36. The van der Waals surface area contributed by atoms with E-state index in [1.54, 1.807) is 0 Å². The van der Waals surface area contributed by atoms with Crippen LogP contribution in [0.2, 0.25) is 0 Å². The largest absolute Gasteiger partial charge is 0.465 e. The molecule has 1 aliphatic rings. The van der Waals surface area contributed by atoms with Gasteiger partial charge in [-0.25, -0.2) is 9.78 Å². The molecule has 1 amide bonds. The molecular weight excluding hydrogens is 304 g/mol. The molecule has 0 saturated heterocycles. The molecule has 6 nitrogen and oxygen atoms in total. The summed E-state index contributed by atoms with van der Waals surface area (Å²) in [6.07, 6.45) is 2.67. The molecule has 1 saturated carbocycles. The van der Waals surface area contributed by atoms with Gasteiger partial charge in [0.15, 0.2) is 0 Å². The Hall–Kier alpha value is -2.50. The lowest BCUT2D eigenvalue weighted by Gasteiger charge is -2.29. The molecule has 24 heavy (non-hydrogen) atoms. The van der Waals surface area contributed by atoms with Crippen LogP contribution in [-0.2, 0) is 0 Å². The molecule has 0 bridgehead atoms. The lowest BCUT2D eigenvalue weighted by Crippen LogP contribution is -2.39. The zero-order valence-electron chi connectivity index (χ0n) is 14.1. The van der Waals surface area contributed by atoms with Crippen LogP contribution in [0.4, 0.5) is 16.3 Å². The number of nitrogens with zero attached hydrogens (tertiary/aromatic N) is 2. The van der Waals surface area contributed by atoms with Gasteiger partial charge in [-0.2, -0.15) is 0 Å². The maximum absolute atomic E-state index is 10.7. The summed E-state index contributed by atoms with van der Waals surface area (Å²) in [6, 6.07) is 10.6. The summed E-state index contributed by atoms with van der Waals surface area (Å²) >= 11 is 0. The molecule has 1 heterocycles. The fourth-order valence-corrected chi connectivity index (χ4v) is 3.37. The third-order valence-corrected chi connectivity index (χ3v) is 4.58. The molecule has 1 aliphatic carbocycles. The van der Waals surface area contributed by atoms with Gasteiger partial charge < -0.3 is 20.6 Å². The molecule has 3 N–H and O–H groups in total. The van der Waals surface area contributed by atoms with Gasteiger partial charge in [-0.1, -0.05) is 18.2 Å². The van der Waals surface area contributed by atoms with Gasteiger partial charge in [0, 0.05) is 43.3 Å². The third kappa shape index (κ3) is 3.69. The number of para-hydroxylation sites is 1. The van der Waals surface area contributed by atoms with E-state index in [0.29, 0.717) is 6.04 Å². The van der Waals surface area contributed by atoms with E-state index in [1.165, 1.54) is 0 Å². The summed E-state index contributed by atoms with van der Waals surface area (Å²) in [4.78, 5) is 17.6. The quantitative estimate of drug-likeness (QED) is 0.803. The number of carbonyl (C=O) groups is 1. The van der Waals surface area contributed by atoms with Crippen molar-refractivity contribution >= 4 is 28.5 Å². The topological polar surface area (TPSA) is 77.5 Å². The molecule has 0 unspecified atom stereocenters. The van der Waals surface area contributed by atoms with Gasteiger partial charge >= 0.3 is 6.09 Å². The molecule has 3 rings (SSSR count). The van der Waals surface area contributed by atoms with Crippen molar-refractivity contribution in [2.24, 2.45) is 0 Å². The van der Waals surface area contributed by atoms with Crippen LogP contribution in [0.3, 0.4) is 0 Å². The number of carboxylic acid groups (broad SMARTS) is 1. The number of hydrogen-bond acceptors (Lipinski definition) is 4. The molecule has 6 heteroatoms. The van der Waals surface area contributed by atoms with Gasteiger partial charge in [0.25, 0.3) is 0 Å². The van der Waals surface area contributed by atoms with Gasteiger partial charge in [-0.15, -0.1) is 0 Å². The van der Waals surface area contributed by atoms with Crippen molar-refractivity contribution in [1.29, 1.82) is 0 Å². The van der Waals surface area contributed by atoms with Crippen molar-refractivity contribution in [2.45, 2.75) is 37.8 Å². The SMILES string of the molecule is CN(C)c1cc(N[C@H]2CC[C@@H](NC(=O)O)CC2)nc2ccccc12. The minimum atomic E-state index is -0.932. The monoisotopic (exact) mass is 328 g/mol. The lowest BCUT2D eigenvalue weighted by molar-refractivity contribution is 0.185. The van der Waals surface area contributed by atoms with E-state index in [4.69, 9.17) is 10.1 Å². The van der Waals surface area contributed by atoms with E-state index in [1.807, 2.05) is 32.3 Å². The van der Waals surface area contributed by atoms with E-state index in [2.05, 4.69) is 27.7 Å². The maximum Gasteiger partial charge on any atom is 0.404 e. The summed E-state index contributed by atoms with van der Waals surface area (Å²) in [5, 5.41) is 16.1. The first kappa shape index (κ1) is 16.4. The van der Waals surface area contributed by atoms with Gasteiger partial charge in [0.05, 0.1) is 5.52 Å². The Morgan fingerprint density at radius 1 is 1.17 bits per heavy atom.